The largest absolute Gasteiger partial charge is 0.496 e. The maximum Gasteiger partial charge on any atom is 0.124 e. The first-order valence-electron chi connectivity index (χ1n) is 5.45. The third kappa shape index (κ3) is 3.14. The van der Waals surface area contributed by atoms with Gasteiger partial charge in [0.05, 0.1) is 12.5 Å². The second kappa shape index (κ2) is 6.00. The summed E-state index contributed by atoms with van der Waals surface area (Å²) in [5.41, 5.74) is 1.12. The zero-order valence-electron chi connectivity index (χ0n) is 9.96. The summed E-state index contributed by atoms with van der Waals surface area (Å²) in [4.78, 5) is 0. The van der Waals surface area contributed by atoms with E-state index in [1.807, 2.05) is 0 Å². The molecule has 0 bridgehead atoms. The third-order valence-electron chi connectivity index (χ3n) is 2.70. The van der Waals surface area contributed by atoms with E-state index < -0.39 is 5.38 Å². The highest BCUT2D eigenvalue weighted by atomic mass is 35.5. The number of rotatable bonds is 3. The van der Waals surface area contributed by atoms with Crippen LogP contribution < -0.4 is 4.74 Å². The van der Waals surface area contributed by atoms with E-state index in [9.17, 15) is 4.39 Å². The number of halogens is 4. The summed E-state index contributed by atoms with van der Waals surface area (Å²) >= 11 is 18.4. The molecule has 0 saturated carbocycles. The minimum Gasteiger partial charge on any atom is -0.496 e. The predicted octanol–water partition coefficient (Wildman–Crippen LogP) is 5.47. The van der Waals surface area contributed by atoms with Crippen LogP contribution in [0.4, 0.5) is 4.39 Å². The summed E-state index contributed by atoms with van der Waals surface area (Å²) in [6.07, 6.45) is 0. The minimum atomic E-state index is -0.642. The molecule has 1 nitrogen and oxygen atoms in total. The lowest BCUT2D eigenvalue weighted by molar-refractivity contribution is 0.409. The van der Waals surface area contributed by atoms with Gasteiger partial charge in [-0.15, -0.1) is 11.6 Å². The topological polar surface area (TPSA) is 9.23 Å². The molecule has 0 radical (unpaired) electrons. The molecular formula is C14H10Cl3FO. The Labute approximate surface area is 125 Å². The highest BCUT2D eigenvalue weighted by Gasteiger charge is 2.19. The van der Waals surface area contributed by atoms with Gasteiger partial charge in [0.15, 0.2) is 0 Å². The van der Waals surface area contributed by atoms with E-state index in [-0.39, 0.29) is 5.82 Å². The quantitative estimate of drug-likeness (QED) is 0.682. The Hall–Kier alpha value is -0.960. The van der Waals surface area contributed by atoms with Gasteiger partial charge >= 0.3 is 0 Å². The summed E-state index contributed by atoms with van der Waals surface area (Å²) in [5.74, 6) is 0.108. The van der Waals surface area contributed by atoms with Gasteiger partial charge in [-0.3, -0.25) is 0 Å². The molecule has 1 atom stereocenters. The van der Waals surface area contributed by atoms with Gasteiger partial charge in [0.2, 0.25) is 0 Å². The lowest BCUT2D eigenvalue weighted by Crippen LogP contribution is -1.99. The molecule has 0 N–H and O–H groups in total. The number of alkyl halides is 1. The minimum absolute atomic E-state index is 0.389. The molecule has 0 aliphatic rings. The number of hydrogen-bond donors (Lipinski definition) is 0. The van der Waals surface area contributed by atoms with Gasteiger partial charge in [-0.05, 0) is 42.0 Å². The smallest absolute Gasteiger partial charge is 0.124 e. The maximum absolute atomic E-state index is 13.4. The highest BCUT2D eigenvalue weighted by molar-refractivity contribution is 6.35. The van der Waals surface area contributed by atoms with E-state index in [1.54, 1.807) is 18.2 Å². The van der Waals surface area contributed by atoms with Crippen LogP contribution in [0.2, 0.25) is 10.0 Å². The van der Waals surface area contributed by atoms with Gasteiger partial charge < -0.3 is 4.74 Å². The van der Waals surface area contributed by atoms with E-state index in [2.05, 4.69) is 0 Å². The summed E-state index contributed by atoms with van der Waals surface area (Å²) in [7, 11) is 1.50. The lowest BCUT2D eigenvalue weighted by atomic mass is 10.0. The maximum atomic E-state index is 13.4. The van der Waals surface area contributed by atoms with Crippen molar-refractivity contribution in [3.05, 3.63) is 63.4 Å². The molecule has 2 aromatic rings. The van der Waals surface area contributed by atoms with Gasteiger partial charge in [0.25, 0.3) is 0 Å². The number of methoxy groups -OCH3 is 1. The molecule has 0 fully saturated rings. The van der Waals surface area contributed by atoms with Crippen molar-refractivity contribution in [3.8, 4) is 5.75 Å². The van der Waals surface area contributed by atoms with Gasteiger partial charge in [-0.2, -0.15) is 0 Å². The van der Waals surface area contributed by atoms with Crippen molar-refractivity contribution >= 4 is 34.8 Å². The van der Waals surface area contributed by atoms with Crippen LogP contribution >= 0.6 is 34.8 Å². The van der Waals surface area contributed by atoms with E-state index in [1.165, 1.54) is 25.3 Å². The number of hydrogen-bond acceptors (Lipinski definition) is 1. The zero-order chi connectivity index (χ0) is 14.0. The van der Waals surface area contributed by atoms with Crippen molar-refractivity contribution in [2.45, 2.75) is 5.38 Å². The Morgan fingerprint density at radius 2 is 1.79 bits per heavy atom. The second-order valence-electron chi connectivity index (χ2n) is 3.91. The van der Waals surface area contributed by atoms with Crippen LogP contribution in [0, 0.1) is 5.82 Å². The lowest BCUT2D eigenvalue weighted by Gasteiger charge is -2.16. The summed E-state index contributed by atoms with van der Waals surface area (Å²) in [5, 5.41) is 0.341. The molecule has 2 aromatic carbocycles. The molecule has 0 spiro atoms. The molecule has 0 aromatic heterocycles. The van der Waals surface area contributed by atoms with Crippen molar-refractivity contribution < 1.29 is 9.13 Å². The predicted molar refractivity (Wildman–Crippen MR) is 77.1 cm³/mol. The van der Waals surface area contributed by atoms with E-state index >= 15 is 0 Å². The Kier molecular flexibility index (Phi) is 4.56. The van der Waals surface area contributed by atoms with E-state index in [0.717, 1.165) is 0 Å². The first-order valence-corrected chi connectivity index (χ1v) is 6.64. The van der Waals surface area contributed by atoms with E-state index in [4.69, 9.17) is 39.5 Å². The van der Waals surface area contributed by atoms with Gasteiger partial charge in [-0.25, -0.2) is 4.39 Å². The molecule has 0 aliphatic heterocycles. The van der Waals surface area contributed by atoms with Crippen molar-refractivity contribution in [2.75, 3.05) is 7.11 Å². The number of benzene rings is 2. The summed E-state index contributed by atoms with van der Waals surface area (Å²) < 4.78 is 18.6. The molecule has 100 valence electrons. The molecule has 0 saturated heterocycles. The SMILES string of the molecule is COc1ccc(F)cc1C(Cl)c1cc(Cl)ccc1Cl. The van der Waals surface area contributed by atoms with Crippen LogP contribution in [0.3, 0.4) is 0 Å². The van der Waals surface area contributed by atoms with Gasteiger partial charge in [0.1, 0.15) is 11.6 Å². The molecule has 1 unspecified atom stereocenters. The van der Waals surface area contributed by atoms with Crippen LogP contribution in [0.15, 0.2) is 36.4 Å². The first-order chi connectivity index (χ1) is 9.02. The fourth-order valence-electron chi connectivity index (χ4n) is 1.78. The fourth-order valence-corrected chi connectivity index (χ4v) is 2.59. The van der Waals surface area contributed by atoms with Gasteiger partial charge in [0, 0.05) is 15.6 Å². The van der Waals surface area contributed by atoms with Crippen LogP contribution in [-0.2, 0) is 0 Å². The van der Waals surface area contributed by atoms with Crippen molar-refractivity contribution in [1.82, 2.24) is 0 Å². The molecule has 0 amide bonds. The normalized spacial score (nSPS) is 12.3. The van der Waals surface area contributed by atoms with Crippen LogP contribution in [-0.4, -0.2) is 7.11 Å². The molecule has 0 aliphatic carbocycles. The Morgan fingerprint density at radius 1 is 1.05 bits per heavy atom. The Balaban J connectivity index is 2.51. The van der Waals surface area contributed by atoms with Crippen LogP contribution in [0.1, 0.15) is 16.5 Å². The molecule has 5 heteroatoms. The Morgan fingerprint density at radius 3 is 2.47 bits per heavy atom. The summed E-state index contributed by atoms with van der Waals surface area (Å²) in [6, 6.07) is 9.14. The van der Waals surface area contributed by atoms with Gasteiger partial charge in [-0.1, -0.05) is 23.2 Å². The monoisotopic (exact) mass is 318 g/mol. The van der Waals surface area contributed by atoms with E-state index in [0.29, 0.717) is 26.9 Å². The van der Waals surface area contributed by atoms with Crippen LogP contribution in [0.25, 0.3) is 0 Å². The van der Waals surface area contributed by atoms with Crippen molar-refractivity contribution in [1.29, 1.82) is 0 Å². The molecule has 2 rings (SSSR count). The van der Waals surface area contributed by atoms with Crippen molar-refractivity contribution in [2.24, 2.45) is 0 Å². The third-order valence-corrected chi connectivity index (χ3v) is 3.75. The van der Waals surface area contributed by atoms with Crippen molar-refractivity contribution in [3.63, 3.8) is 0 Å². The molecule has 19 heavy (non-hydrogen) atoms. The molecule has 0 heterocycles. The highest BCUT2D eigenvalue weighted by Crippen LogP contribution is 2.39. The standard InChI is InChI=1S/C14H10Cl3FO/c1-19-13-5-3-9(18)7-11(13)14(17)10-6-8(15)2-4-12(10)16/h2-7,14H,1H3. The zero-order valence-corrected chi connectivity index (χ0v) is 12.2. The average molecular weight is 320 g/mol. The average Bonchev–Trinajstić information content (AvgIpc) is 2.40. The fraction of sp³-hybridized carbons (Fsp3) is 0.143. The molecular weight excluding hydrogens is 310 g/mol. The van der Waals surface area contributed by atoms with Crippen LogP contribution in [0.5, 0.6) is 5.75 Å². The first kappa shape index (κ1) is 14.4. The second-order valence-corrected chi connectivity index (χ2v) is 5.19. The summed E-state index contributed by atoms with van der Waals surface area (Å²) in [6.45, 7) is 0. The number of ether oxygens (including phenoxy) is 1. The Bertz CT molecular complexity index is 601.